The van der Waals surface area contributed by atoms with E-state index in [0.29, 0.717) is 0 Å². The number of nitrogens with one attached hydrogen (secondary N) is 2. The van der Waals surface area contributed by atoms with Gasteiger partial charge in [-0.05, 0) is 91.5 Å². The number of hydrogen-bond donors (Lipinski definition) is 2. The number of rotatable bonds is 6. The quantitative estimate of drug-likeness (QED) is 0.197. The van der Waals surface area contributed by atoms with Crippen molar-refractivity contribution in [3.05, 3.63) is 170 Å². The molecule has 0 bridgehead atoms. The van der Waals surface area contributed by atoms with Crippen molar-refractivity contribution in [3.8, 4) is 22.3 Å². The molecular weight excluding hydrogens is 532 g/mol. The van der Waals surface area contributed by atoms with Gasteiger partial charge in [-0.3, -0.25) is 0 Å². The summed E-state index contributed by atoms with van der Waals surface area (Å²) in [6.45, 7) is 0. The van der Waals surface area contributed by atoms with Crippen molar-refractivity contribution in [1.82, 2.24) is 0 Å². The molecule has 0 aliphatic rings. The molecule has 2 heteroatoms. The van der Waals surface area contributed by atoms with Crippen LogP contribution in [0.15, 0.2) is 170 Å². The first-order valence-corrected chi connectivity index (χ1v) is 15.0. The molecule has 0 fully saturated rings. The molecule has 0 saturated heterocycles. The summed E-state index contributed by atoms with van der Waals surface area (Å²) in [4.78, 5) is 0. The molecule has 0 amide bonds. The van der Waals surface area contributed by atoms with E-state index in [1.807, 2.05) is 0 Å². The number of anilines is 4. The summed E-state index contributed by atoms with van der Waals surface area (Å²) in [6.07, 6.45) is 0. The highest BCUT2D eigenvalue weighted by molar-refractivity contribution is 6.25. The van der Waals surface area contributed by atoms with Crippen molar-refractivity contribution in [1.29, 1.82) is 0 Å². The predicted molar refractivity (Wildman–Crippen MR) is 189 cm³/mol. The number of benzene rings is 8. The standard InChI is InChI=1S/C42H30N2/c1-2-11-30(12-3-1)35-15-8-9-20-42(35)44-33-14-10-13-31(27-33)29-21-23-32(24-22-29)43-34-25-26-40-38-18-5-4-16-36(38)37-17-6-7-19-39(37)41(40)28-34/h1-28,43-44H. The molecule has 0 saturated carbocycles. The van der Waals surface area contributed by atoms with Gasteiger partial charge in [0.15, 0.2) is 0 Å². The maximum absolute atomic E-state index is 3.65. The Morgan fingerprint density at radius 3 is 1.55 bits per heavy atom. The Balaban J connectivity index is 1.06. The van der Waals surface area contributed by atoms with E-state index in [1.54, 1.807) is 0 Å². The van der Waals surface area contributed by atoms with Gasteiger partial charge in [0.05, 0.1) is 0 Å². The van der Waals surface area contributed by atoms with E-state index < -0.39 is 0 Å². The molecule has 0 heterocycles. The Labute approximate surface area is 257 Å². The van der Waals surface area contributed by atoms with Crippen LogP contribution in [0.3, 0.4) is 0 Å². The molecule has 2 N–H and O–H groups in total. The summed E-state index contributed by atoms with van der Waals surface area (Å²) in [5.41, 5.74) is 9.01. The largest absolute Gasteiger partial charge is 0.356 e. The number of fused-ring (bicyclic) bond motifs is 6. The van der Waals surface area contributed by atoms with Gasteiger partial charge in [0, 0.05) is 28.3 Å². The van der Waals surface area contributed by atoms with Gasteiger partial charge in [0.1, 0.15) is 0 Å². The Morgan fingerprint density at radius 1 is 0.273 bits per heavy atom. The van der Waals surface area contributed by atoms with Crippen molar-refractivity contribution < 1.29 is 0 Å². The smallest absolute Gasteiger partial charge is 0.0463 e. The molecule has 0 unspecified atom stereocenters. The fourth-order valence-corrected chi connectivity index (χ4v) is 6.29. The minimum Gasteiger partial charge on any atom is -0.356 e. The summed E-state index contributed by atoms with van der Waals surface area (Å²) in [5, 5.41) is 15.0. The van der Waals surface area contributed by atoms with Crippen molar-refractivity contribution >= 4 is 55.1 Å². The lowest BCUT2D eigenvalue weighted by atomic mass is 9.94. The Hall–Kier alpha value is -5.86. The van der Waals surface area contributed by atoms with Crippen LogP contribution in [0.1, 0.15) is 0 Å². The van der Waals surface area contributed by atoms with Crippen molar-refractivity contribution in [2.45, 2.75) is 0 Å². The fourth-order valence-electron chi connectivity index (χ4n) is 6.29. The van der Waals surface area contributed by atoms with Gasteiger partial charge in [-0.25, -0.2) is 0 Å². The van der Waals surface area contributed by atoms with Crippen molar-refractivity contribution in [3.63, 3.8) is 0 Å². The summed E-state index contributed by atoms with van der Waals surface area (Å²) in [7, 11) is 0. The third-order valence-electron chi connectivity index (χ3n) is 8.40. The van der Waals surface area contributed by atoms with Crippen LogP contribution in [0, 0.1) is 0 Å². The van der Waals surface area contributed by atoms with Gasteiger partial charge in [-0.2, -0.15) is 0 Å². The molecule has 0 aromatic heterocycles. The van der Waals surface area contributed by atoms with Crippen LogP contribution < -0.4 is 10.6 Å². The van der Waals surface area contributed by atoms with Crippen molar-refractivity contribution in [2.75, 3.05) is 10.6 Å². The predicted octanol–water partition coefficient (Wildman–Crippen LogP) is 12.0. The summed E-state index contributed by atoms with van der Waals surface area (Å²) in [6, 6.07) is 60.3. The zero-order valence-corrected chi connectivity index (χ0v) is 24.2. The van der Waals surface area contributed by atoms with E-state index in [2.05, 4.69) is 180 Å². The zero-order valence-electron chi connectivity index (χ0n) is 24.2. The monoisotopic (exact) mass is 562 g/mol. The molecule has 0 aliphatic carbocycles. The third kappa shape index (κ3) is 4.83. The molecule has 44 heavy (non-hydrogen) atoms. The highest BCUT2D eigenvalue weighted by atomic mass is 14.9. The molecule has 0 spiro atoms. The first-order valence-electron chi connectivity index (χ1n) is 15.0. The topological polar surface area (TPSA) is 24.1 Å². The van der Waals surface area contributed by atoms with Crippen LogP contribution in [-0.2, 0) is 0 Å². The maximum atomic E-state index is 3.65. The van der Waals surface area contributed by atoms with Gasteiger partial charge in [-0.15, -0.1) is 0 Å². The first-order chi connectivity index (χ1) is 21.8. The van der Waals surface area contributed by atoms with Crippen LogP contribution in [0.4, 0.5) is 22.7 Å². The van der Waals surface area contributed by atoms with E-state index in [-0.39, 0.29) is 0 Å². The van der Waals surface area contributed by atoms with E-state index in [4.69, 9.17) is 0 Å². The molecule has 0 atom stereocenters. The summed E-state index contributed by atoms with van der Waals surface area (Å²) in [5.74, 6) is 0. The molecule has 0 radical (unpaired) electrons. The molecule has 208 valence electrons. The lowest BCUT2D eigenvalue weighted by molar-refractivity contribution is 1.52. The Morgan fingerprint density at radius 2 is 0.818 bits per heavy atom. The molecule has 0 aliphatic heterocycles. The van der Waals surface area contributed by atoms with E-state index >= 15 is 0 Å². The molecule has 8 aromatic carbocycles. The average Bonchev–Trinajstić information content (AvgIpc) is 3.09. The van der Waals surface area contributed by atoms with Crippen LogP contribution in [0.2, 0.25) is 0 Å². The highest BCUT2D eigenvalue weighted by Gasteiger charge is 2.10. The SMILES string of the molecule is c1ccc(-c2ccccc2Nc2cccc(-c3ccc(Nc4ccc5c6ccccc6c6ccccc6c5c4)cc3)c2)cc1. The van der Waals surface area contributed by atoms with Gasteiger partial charge >= 0.3 is 0 Å². The van der Waals surface area contributed by atoms with E-state index in [9.17, 15) is 0 Å². The summed E-state index contributed by atoms with van der Waals surface area (Å²) >= 11 is 0. The van der Waals surface area contributed by atoms with E-state index in [1.165, 1.54) is 54.6 Å². The Bertz CT molecular complexity index is 2230. The Kier molecular flexibility index (Phi) is 6.51. The normalized spacial score (nSPS) is 11.2. The minimum atomic E-state index is 1.06. The average molecular weight is 563 g/mol. The van der Waals surface area contributed by atoms with Gasteiger partial charge in [0.25, 0.3) is 0 Å². The molecular formula is C42H30N2. The summed E-state index contributed by atoms with van der Waals surface area (Å²) < 4.78 is 0. The van der Waals surface area contributed by atoms with Crippen LogP contribution in [0.5, 0.6) is 0 Å². The maximum Gasteiger partial charge on any atom is 0.0463 e. The lowest BCUT2D eigenvalue weighted by Gasteiger charge is -2.14. The second-order valence-corrected chi connectivity index (χ2v) is 11.2. The lowest BCUT2D eigenvalue weighted by Crippen LogP contribution is -1.94. The number of hydrogen-bond acceptors (Lipinski definition) is 2. The number of para-hydroxylation sites is 1. The van der Waals surface area contributed by atoms with Crippen LogP contribution >= 0.6 is 0 Å². The molecule has 8 aromatic rings. The highest BCUT2D eigenvalue weighted by Crippen LogP contribution is 2.37. The van der Waals surface area contributed by atoms with Gasteiger partial charge in [-0.1, -0.05) is 127 Å². The molecule has 8 rings (SSSR count). The van der Waals surface area contributed by atoms with Crippen LogP contribution in [-0.4, -0.2) is 0 Å². The zero-order chi connectivity index (χ0) is 29.3. The van der Waals surface area contributed by atoms with Crippen LogP contribution in [0.25, 0.3) is 54.6 Å². The van der Waals surface area contributed by atoms with Crippen molar-refractivity contribution in [2.24, 2.45) is 0 Å². The fraction of sp³-hybridized carbons (Fsp3) is 0. The van der Waals surface area contributed by atoms with Gasteiger partial charge < -0.3 is 10.6 Å². The second kappa shape index (κ2) is 11.1. The molecule has 2 nitrogen and oxygen atoms in total. The minimum absolute atomic E-state index is 1.06. The second-order valence-electron chi connectivity index (χ2n) is 11.2. The van der Waals surface area contributed by atoms with E-state index in [0.717, 1.165) is 22.7 Å². The third-order valence-corrected chi connectivity index (χ3v) is 8.40. The first kappa shape index (κ1) is 25.8. The van der Waals surface area contributed by atoms with Gasteiger partial charge in [0.2, 0.25) is 0 Å².